The average molecular weight is 577 g/mol. The second kappa shape index (κ2) is 13.1. The standard InChI is InChI=1S/C29H34F2N2O4S2/c1-2-19-8-9-21-17-39(36,37)18-27(25(21)13-19)32-16-28(34)26(14-20-11-22(30)15-23(31)12-20)33-29(35)7-3-5-24-6-4-10-38-24/h4,6,8-13,15,26-28,32,34H,2-3,5,7,14,16-18H2,1H3,(H,33,35)/t26-,27-,28+/m0/s1. The summed E-state index contributed by atoms with van der Waals surface area (Å²) in [5, 5.41) is 19.1. The quantitative estimate of drug-likeness (QED) is 0.300. The molecule has 0 aliphatic carbocycles. The first-order valence-corrected chi connectivity index (χ1v) is 15.8. The molecule has 0 radical (unpaired) electrons. The number of aliphatic hydroxyl groups excluding tert-OH is 1. The van der Waals surface area contributed by atoms with Gasteiger partial charge >= 0.3 is 0 Å². The molecule has 2 aromatic carbocycles. The third-order valence-corrected chi connectivity index (χ3v) is 9.49. The van der Waals surface area contributed by atoms with E-state index in [1.165, 1.54) is 17.0 Å². The molecule has 210 valence electrons. The molecule has 1 aliphatic heterocycles. The molecule has 0 saturated carbocycles. The Morgan fingerprint density at radius 2 is 1.90 bits per heavy atom. The lowest BCUT2D eigenvalue weighted by Crippen LogP contribution is -2.50. The zero-order valence-electron chi connectivity index (χ0n) is 21.8. The highest BCUT2D eigenvalue weighted by molar-refractivity contribution is 7.90. The minimum atomic E-state index is -3.34. The van der Waals surface area contributed by atoms with Gasteiger partial charge in [-0.15, -0.1) is 11.3 Å². The number of carbonyl (C=O) groups excluding carboxylic acids is 1. The Bertz CT molecular complexity index is 1360. The Morgan fingerprint density at radius 3 is 2.59 bits per heavy atom. The number of aliphatic hydroxyl groups is 1. The number of amides is 1. The zero-order chi connectivity index (χ0) is 28.0. The van der Waals surface area contributed by atoms with Crippen molar-refractivity contribution in [3.8, 4) is 0 Å². The third kappa shape index (κ3) is 8.41. The van der Waals surface area contributed by atoms with E-state index in [-0.39, 0.29) is 36.8 Å². The number of hydrogen-bond donors (Lipinski definition) is 3. The molecule has 3 atom stereocenters. The molecule has 0 spiro atoms. The second-order valence-corrected chi connectivity index (χ2v) is 13.2. The Kier molecular flexibility index (Phi) is 9.87. The van der Waals surface area contributed by atoms with Crippen molar-refractivity contribution in [1.29, 1.82) is 0 Å². The van der Waals surface area contributed by atoms with E-state index in [1.807, 2.05) is 42.6 Å². The van der Waals surface area contributed by atoms with Crippen molar-refractivity contribution in [1.82, 2.24) is 10.6 Å². The first-order chi connectivity index (χ1) is 18.6. The maximum absolute atomic E-state index is 13.9. The van der Waals surface area contributed by atoms with Gasteiger partial charge in [0.1, 0.15) is 11.6 Å². The van der Waals surface area contributed by atoms with Crippen LogP contribution < -0.4 is 10.6 Å². The Labute approximate surface area is 232 Å². The fourth-order valence-electron chi connectivity index (χ4n) is 4.96. The lowest BCUT2D eigenvalue weighted by atomic mass is 9.97. The molecule has 2 heterocycles. The van der Waals surface area contributed by atoms with Crippen LogP contribution in [0.4, 0.5) is 8.78 Å². The molecule has 1 aliphatic rings. The van der Waals surface area contributed by atoms with E-state index in [9.17, 15) is 27.1 Å². The maximum atomic E-state index is 13.9. The molecule has 0 saturated heterocycles. The van der Waals surface area contributed by atoms with E-state index in [0.717, 1.165) is 35.6 Å². The highest BCUT2D eigenvalue weighted by Gasteiger charge is 2.31. The summed E-state index contributed by atoms with van der Waals surface area (Å²) in [5.74, 6) is -1.88. The number of carbonyl (C=O) groups is 1. The number of fused-ring (bicyclic) bond motifs is 1. The van der Waals surface area contributed by atoms with Gasteiger partial charge in [-0.05, 0) is 71.5 Å². The minimum absolute atomic E-state index is 0.00767. The molecule has 3 aromatic rings. The van der Waals surface area contributed by atoms with Gasteiger partial charge in [0.25, 0.3) is 0 Å². The van der Waals surface area contributed by atoms with Gasteiger partial charge < -0.3 is 15.7 Å². The summed E-state index contributed by atoms with van der Waals surface area (Å²) in [6.45, 7) is 2.00. The molecule has 0 unspecified atom stereocenters. The average Bonchev–Trinajstić information content (AvgIpc) is 3.39. The van der Waals surface area contributed by atoms with Crippen LogP contribution in [0.1, 0.15) is 52.9 Å². The molecule has 0 fully saturated rings. The number of rotatable bonds is 12. The van der Waals surface area contributed by atoms with Crippen LogP contribution in [0.3, 0.4) is 0 Å². The fraction of sp³-hybridized carbons (Fsp3) is 0.414. The van der Waals surface area contributed by atoms with Crippen LogP contribution in [0.2, 0.25) is 0 Å². The molecule has 39 heavy (non-hydrogen) atoms. The Balaban J connectivity index is 1.46. The molecule has 0 bridgehead atoms. The maximum Gasteiger partial charge on any atom is 0.220 e. The van der Waals surface area contributed by atoms with Crippen LogP contribution in [0.5, 0.6) is 0 Å². The second-order valence-electron chi connectivity index (χ2n) is 10.1. The van der Waals surface area contributed by atoms with Gasteiger partial charge in [-0.25, -0.2) is 17.2 Å². The van der Waals surface area contributed by atoms with Crippen molar-refractivity contribution in [2.45, 2.75) is 63.0 Å². The van der Waals surface area contributed by atoms with Crippen LogP contribution in [-0.2, 0) is 39.6 Å². The molecule has 3 N–H and O–H groups in total. The molecular weight excluding hydrogens is 542 g/mol. The van der Waals surface area contributed by atoms with E-state index < -0.39 is 39.7 Å². The van der Waals surface area contributed by atoms with E-state index in [4.69, 9.17) is 0 Å². The molecular formula is C29H34F2N2O4S2. The number of thiophene rings is 1. The molecule has 6 nitrogen and oxygen atoms in total. The minimum Gasteiger partial charge on any atom is -0.390 e. The van der Waals surface area contributed by atoms with E-state index in [1.54, 1.807) is 11.3 Å². The Morgan fingerprint density at radius 1 is 1.13 bits per heavy atom. The van der Waals surface area contributed by atoms with Gasteiger partial charge in [0.15, 0.2) is 9.84 Å². The SMILES string of the molecule is CCc1ccc2c(c1)[C@@H](NC[C@@H](O)[C@H](Cc1cc(F)cc(F)c1)NC(=O)CCCc1cccs1)CS(=O)(=O)C2. The lowest BCUT2D eigenvalue weighted by Gasteiger charge is -2.30. The topological polar surface area (TPSA) is 95.5 Å². The van der Waals surface area contributed by atoms with Crippen LogP contribution in [0.25, 0.3) is 0 Å². The first kappa shape index (κ1) is 29.3. The predicted molar refractivity (Wildman–Crippen MR) is 149 cm³/mol. The normalized spacial score (nSPS) is 17.8. The lowest BCUT2D eigenvalue weighted by molar-refractivity contribution is -0.122. The molecule has 1 aromatic heterocycles. The van der Waals surface area contributed by atoms with Gasteiger partial charge in [-0.3, -0.25) is 4.79 Å². The van der Waals surface area contributed by atoms with Crippen LogP contribution in [0.15, 0.2) is 53.9 Å². The summed E-state index contributed by atoms with van der Waals surface area (Å²) in [7, 11) is -3.34. The Hall–Kier alpha value is -2.66. The molecule has 1 amide bonds. The number of aryl methyl sites for hydroxylation is 2. The first-order valence-electron chi connectivity index (χ1n) is 13.1. The highest BCUT2D eigenvalue weighted by Crippen LogP contribution is 2.29. The smallest absolute Gasteiger partial charge is 0.220 e. The third-order valence-electron chi connectivity index (χ3n) is 6.96. The van der Waals surface area contributed by atoms with Crippen molar-refractivity contribution < 1.29 is 27.1 Å². The zero-order valence-corrected chi connectivity index (χ0v) is 23.5. The van der Waals surface area contributed by atoms with Crippen molar-refractivity contribution in [2.24, 2.45) is 0 Å². The number of hydrogen-bond acceptors (Lipinski definition) is 6. The van der Waals surface area contributed by atoms with E-state index in [0.29, 0.717) is 12.0 Å². The predicted octanol–water partition coefficient (Wildman–Crippen LogP) is 4.26. The molecule has 4 rings (SSSR count). The van der Waals surface area contributed by atoms with Crippen molar-refractivity contribution in [2.75, 3.05) is 12.3 Å². The largest absolute Gasteiger partial charge is 0.390 e. The van der Waals surface area contributed by atoms with Gasteiger partial charge in [-0.2, -0.15) is 0 Å². The number of sulfone groups is 1. The van der Waals surface area contributed by atoms with Crippen molar-refractivity contribution in [3.05, 3.63) is 92.7 Å². The summed E-state index contributed by atoms with van der Waals surface area (Å²) in [4.78, 5) is 13.9. The summed E-state index contributed by atoms with van der Waals surface area (Å²) in [6, 6.07) is 11.5. The van der Waals surface area contributed by atoms with Gasteiger partial charge in [0.2, 0.25) is 5.91 Å². The van der Waals surface area contributed by atoms with Crippen LogP contribution in [0, 0.1) is 11.6 Å². The number of benzene rings is 2. The number of nitrogens with one attached hydrogen (secondary N) is 2. The van der Waals surface area contributed by atoms with Crippen molar-refractivity contribution in [3.63, 3.8) is 0 Å². The van der Waals surface area contributed by atoms with Crippen molar-refractivity contribution >= 4 is 27.1 Å². The van der Waals surface area contributed by atoms with Gasteiger partial charge in [0.05, 0.1) is 23.7 Å². The summed E-state index contributed by atoms with van der Waals surface area (Å²) < 4.78 is 52.8. The van der Waals surface area contributed by atoms with E-state index in [2.05, 4.69) is 10.6 Å². The monoisotopic (exact) mass is 576 g/mol. The van der Waals surface area contributed by atoms with Gasteiger partial charge in [-0.1, -0.05) is 31.2 Å². The molecule has 10 heteroatoms. The summed E-state index contributed by atoms with van der Waals surface area (Å²) in [6.07, 6.45) is 1.29. The van der Waals surface area contributed by atoms with Crippen LogP contribution >= 0.6 is 11.3 Å². The van der Waals surface area contributed by atoms with Gasteiger partial charge in [0, 0.05) is 30.0 Å². The summed E-state index contributed by atoms with van der Waals surface area (Å²) in [5.41, 5.74) is 3.00. The highest BCUT2D eigenvalue weighted by atomic mass is 32.2. The fourth-order valence-corrected chi connectivity index (χ4v) is 7.37. The van der Waals surface area contributed by atoms with Crippen LogP contribution in [-0.4, -0.2) is 43.9 Å². The summed E-state index contributed by atoms with van der Waals surface area (Å²) >= 11 is 1.62. The number of halogens is 2. The van der Waals surface area contributed by atoms with E-state index >= 15 is 0 Å².